The molecule has 19 heavy (non-hydrogen) atoms. The van der Waals surface area contributed by atoms with Gasteiger partial charge in [0.2, 0.25) is 0 Å². The first-order chi connectivity index (χ1) is 8.90. The molecule has 104 valence electrons. The zero-order chi connectivity index (χ0) is 14.4. The number of hydrogen-bond acceptors (Lipinski definition) is 2. The molecule has 0 heterocycles. The lowest BCUT2D eigenvalue weighted by Crippen LogP contribution is -2.06. The fraction of sp³-hybridized carbons (Fsp3) is 0.400. The van der Waals surface area contributed by atoms with Crippen LogP contribution in [0.1, 0.15) is 31.9 Å². The molecule has 0 aliphatic carbocycles. The van der Waals surface area contributed by atoms with Crippen LogP contribution in [0.4, 0.5) is 4.39 Å². The smallest absolute Gasteiger partial charge is 0.328 e. The summed E-state index contributed by atoms with van der Waals surface area (Å²) in [5, 5.41) is 9.14. The van der Waals surface area contributed by atoms with Crippen LogP contribution >= 0.6 is 11.8 Å². The standard InChI is InChI=1S/C15H19FO2S/c1-10(2)11(3)19-9-13-4-6-14(16)8-12(13)5-7-15(17)18/h4-8,10-11H,9H2,1-3H3,(H,17,18)/b7-5+. The SMILES string of the molecule is CC(C)C(C)SCc1ccc(F)cc1/C=C/C(=O)O. The second kappa shape index (κ2) is 7.34. The molecule has 0 aromatic heterocycles. The van der Waals surface area contributed by atoms with Gasteiger partial charge in [-0.15, -0.1) is 0 Å². The van der Waals surface area contributed by atoms with Crippen LogP contribution < -0.4 is 0 Å². The molecular weight excluding hydrogens is 263 g/mol. The average molecular weight is 282 g/mol. The van der Waals surface area contributed by atoms with Crippen molar-refractivity contribution in [3.8, 4) is 0 Å². The van der Waals surface area contributed by atoms with Gasteiger partial charge in [0.15, 0.2) is 0 Å². The van der Waals surface area contributed by atoms with Crippen molar-refractivity contribution < 1.29 is 14.3 Å². The maximum atomic E-state index is 13.2. The van der Waals surface area contributed by atoms with Gasteiger partial charge in [0.05, 0.1) is 0 Å². The van der Waals surface area contributed by atoms with Gasteiger partial charge in [-0.05, 0) is 35.3 Å². The van der Waals surface area contributed by atoms with Crippen molar-refractivity contribution in [1.29, 1.82) is 0 Å². The average Bonchev–Trinajstić information content (AvgIpc) is 2.34. The predicted octanol–water partition coefficient (Wildman–Crippen LogP) is 4.20. The van der Waals surface area contributed by atoms with Gasteiger partial charge in [-0.25, -0.2) is 9.18 Å². The topological polar surface area (TPSA) is 37.3 Å². The highest BCUT2D eigenvalue weighted by molar-refractivity contribution is 7.99. The molecule has 1 aromatic carbocycles. The van der Waals surface area contributed by atoms with Crippen molar-refractivity contribution in [3.63, 3.8) is 0 Å². The molecular formula is C15H19FO2S. The summed E-state index contributed by atoms with van der Waals surface area (Å²) in [7, 11) is 0. The van der Waals surface area contributed by atoms with Crippen LogP contribution in [0.25, 0.3) is 6.08 Å². The van der Waals surface area contributed by atoms with Crippen LogP contribution in [0.15, 0.2) is 24.3 Å². The molecule has 0 spiro atoms. The van der Waals surface area contributed by atoms with E-state index in [1.807, 2.05) is 0 Å². The summed E-state index contributed by atoms with van der Waals surface area (Å²) in [6, 6.07) is 4.50. The first-order valence-electron chi connectivity index (χ1n) is 6.21. The van der Waals surface area contributed by atoms with Gasteiger partial charge >= 0.3 is 5.97 Å². The van der Waals surface area contributed by atoms with E-state index in [1.165, 1.54) is 18.2 Å². The summed E-state index contributed by atoms with van der Waals surface area (Å²) in [5.74, 6) is -0.0589. The molecule has 0 radical (unpaired) electrons. The number of carbonyl (C=O) groups is 1. The predicted molar refractivity (Wildman–Crippen MR) is 78.7 cm³/mol. The van der Waals surface area contributed by atoms with E-state index >= 15 is 0 Å². The quantitative estimate of drug-likeness (QED) is 0.794. The van der Waals surface area contributed by atoms with Crippen LogP contribution in [0.2, 0.25) is 0 Å². The Hall–Kier alpha value is -1.29. The second-order valence-electron chi connectivity index (χ2n) is 4.77. The van der Waals surface area contributed by atoms with Gasteiger partial charge in [0, 0.05) is 17.1 Å². The number of rotatable bonds is 6. The van der Waals surface area contributed by atoms with Crippen molar-refractivity contribution in [2.24, 2.45) is 5.92 Å². The van der Waals surface area contributed by atoms with E-state index in [4.69, 9.17) is 5.11 Å². The Balaban J connectivity index is 2.85. The minimum atomic E-state index is -1.03. The molecule has 1 atom stereocenters. The fourth-order valence-electron chi connectivity index (χ4n) is 1.43. The molecule has 0 aliphatic rings. The third-order valence-electron chi connectivity index (χ3n) is 2.95. The molecule has 1 aromatic rings. The monoisotopic (exact) mass is 282 g/mol. The van der Waals surface area contributed by atoms with Crippen molar-refractivity contribution in [3.05, 3.63) is 41.2 Å². The Bertz CT molecular complexity index is 469. The lowest BCUT2D eigenvalue weighted by Gasteiger charge is -2.15. The number of carboxylic acids is 1. The zero-order valence-electron chi connectivity index (χ0n) is 11.4. The molecule has 1 rings (SSSR count). The highest BCUT2D eigenvalue weighted by atomic mass is 32.2. The molecule has 4 heteroatoms. The first-order valence-corrected chi connectivity index (χ1v) is 7.26. The number of aliphatic carboxylic acids is 1. The van der Waals surface area contributed by atoms with E-state index in [9.17, 15) is 9.18 Å². The zero-order valence-corrected chi connectivity index (χ0v) is 12.2. The Morgan fingerprint density at radius 3 is 2.68 bits per heavy atom. The van der Waals surface area contributed by atoms with Gasteiger partial charge in [-0.1, -0.05) is 26.8 Å². The highest BCUT2D eigenvalue weighted by Gasteiger charge is 2.09. The fourth-order valence-corrected chi connectivity index (χ4v) is 2.52. The van der Waals surface area contributed by atoms with Gasteiger partial charge in [0.1, 0.15) is 5.82 Å². The van der Waals surface area contributed by atoms with Crippen LogP contribution in [0.3, 0.4) is 0 Å². The summed E-state index contributed by atoms with van der Waals surface area (Å²) in [6.07, 6.45) is 2.48. The number of hydrogen-bond donors (Lipinski definition) is 1. The molecule has 0 fully saturated rings. The highest BCUT2D eigenvalue weighted by Crippen LogP contribution is 2.25. The molecule has 1 unspecified atom stereocenters. The normalized spacial score (nSPS) is 13.1. The van der Waals surface area contributed by atoms with Crippen molar-refractivity contribution in [1.82, 2.24) is 0 Å². The maximum absolute atomic E-state index is 13.2. The Labute approximate surface area is 117 Å². The third kappa shape index (κ3) is 5.47. The second-order valence-corrected chi connectivity index (χ2v) is 6.14. The summed E-state index contributed by atoms with van der Waals surface area (Å²) >= 11 is 1.79. The van der Waals surface area contributed by atoms with Crippen molar-refractivity contribution in [2.45, 2.75) is 31.8 Å². The minimum Gasteiger partial charge on any atom is -0.478 e. The molecule has 0 amide bonds. The van der Waals surface area contributed by atoms with E-state index in [0.29, 0.717) is 16.7 Å². The van der Waals surface area contributed by atoms with Crippen LogP contribution in [0, 0.1) is 11.7 Å². The Kier molecular flexibility index (Phi) is 6.09. The van der Waals surface area contributed by atoms with Gasteiger partial charge in [0.25, 0.3) is 0 Å². The lowest BCUT2D eigenvalue weighted by atomic mass is 10.1. The lowest BCUT2D eigenvalue weighted by molar-refractivity contribution is -0.131. The summed E-state index contributed by atoms with van der Waals surface area (Å²) in [5.41, 5.74) is 1.59. The number of halogens is 1. The van der Waals surface area contributed by atoms with Crippen LogP contribution in [-0.4, -0.2) is 16.3 Å². The Morgan fingerprint density at radius 1 is 1.42 bits per heavy atom. The van der Waals surface area contributed by atoms with Gasteiger partial charge in [-0.3, -0.25) is 0 Å². The van der Waals surface area contributed by atoms with E-state index in [1.54, 1.807) is 17.8 Å². The van der Waals surface area contributed by atoms with E-state index in [0.717, 1.165) is 17.4 Å². The largest absolute Gasteiger partial charge is 0.478 e. The first kappa shape index (κ1) is 15.8. The summed E-state index contributed by atoms with van der Waals surface area (Å²) in [6.45, 7) is 6.48. The maximum Gasteiger partial charge on any atom is 0.328 e. The Morgan fingerprint density at radius 2 is 2.11 bits per heavy atom. The van der Waals surface area contributed by atoms with Gasteiger partial charge < -0.3 is 5.11 Å². The van der Waals surface area contributed by atoms with Crippen LogP contribution in [-0.2, 0) is 10.5 Å². The molecule has 2 nitrogen and oxygen atoms in total. The molecule has 1 N–H and O–H groups in total. The molecule has 0 bridgehead atoms. The number of thioether (sulfide) groups is 1. The number of benzene rings is 1. The summed E-state index contributed by atoms with van der Waals surface area (Å²) in [4.78, 5) is 10.5. The number of carboxylic acid groups (broad SMARTS) is 1. The van der Waals surface area contributed by atoms with E-state index in [-0.39, 0.29) is 5.82 Å². The molecule has 0 saturated carbocycles. The van der Waals surface area contributed by atoms with Crippen molar-refractivity contribution >= 4 is 23.8 Å². The van der Waals surface area contributed by atoms with Crippen molar-refractivity contribution in [2.75, 3.05) is 0 Å². The molecule has 0 aliphatic heterocycles. The van der Waals surface area contributed by atoms with Crippen LogP contribution in [0.5, 0.6) is 0 Å². The van der Waals surface area contributed by atoms with E-state index in [2.05, 4.69) is 20.8 Å². The minimum absolute atomic E-state index is 0.351. The third-order valence-corrected chi connectivity index (χ3v) is 4.50. The molecule has 0 saturated heterocycles. The summed E-state index contributed by atoms with van der Waals surface area (Å²) < 4.78 is 13.2. The van der Waals surface area contributed by atoms with Gasteiger partial charge in [-0.2, -0.15) is 11.8 Å². The van der Waals surface area contributed by atoms with E-state index < -0.39 is 5.97 Å².